The molecule has 4 nitrogen and oxygen atoms in total. The summed E-state index contributed by atoms with van der Waals surface area (Å²) in [5.41, 5.74) is 7.29. The van der Waals surface area contributed by atoms with E-state index in [1.54, 1.807) is 6.92 Å². The Morgan fingerprint density at radius 3 is 3.00 bits per heavy atom. The molecule has 1 aromatic rings. The van der Waals surface area contributed by atoms with Gasteiger partial charge in [-0.15, -0.1) is 11.3 Å². The lowest BCUT2D eigenvalue weighted by molar-refractivity contribution is -0.117. The molecule has 0 bridgehead atoms. The number of thiophene rings is 1. The Hall–Kier alpha value is -1.38. The molecule has 0 aliphatic heterocycles. The van der Waals surface area contributed by atoms with Gasteiger partial charge in [0.25, 0.3) is 0 Å². The van der Waals surface area contributed by atoms with E-state index in [1.165, 1.54) is 16.2 Å². The number of rotatable bonds is 2. The van der Waals surface area contributed by atoms with Crippen molar-refractivity contribution in [3.63, 3.8) is 0 Å². The normalized spacial score (nSPS) is 19.8. The van der Waals surface area contributed by atoms with Crippen LogP contribution in [0, 0.1) is 17.2 Å². The van der Waals surface area contributed by atoms with E-state index in [-0.39, 0.29) is 5.91 Å². The average molecular weight is 263 g/mol. The highest BCUT2D eigenvalue weighted by Gasteiger charge is 2.24. The van der Waals surface area contributed by atoms with Crippen molar-refractivity contribution in [3.05, 3.63) is 16.0 Å². The van der Waals surface area contributed by atoms with Crippen LogP contribution in [0.2, 0.25) is 0 Å². The molecule has 1 aliphatic rings. The van der Waals surface area contributed by atoms with Gasteiger partial charge in [-0.05, 0) is 37.7 Å². The van der Waals surface area contributed by atoms with Gasteiger partial charge in [-0.1, -0.05) is 6.92 Å². The number of hydrogen-bond donors (Lipinski definition) is 2. The van der Waals surface area contributed by atoms with Gasteiger partial charge in [0.2, 0.25) is 5.91 Å². The third-order valence-electron chi connectivity index (χ3n) is 3.27. The van der Waals surface area contributed by atoms with E-state index in [2.05, 4.69) is 18.3 Å². The van der Waals surface area contributed by atoms with E-state index in [9.17, 15) is 10.1 Å². The van der Waals surface area contributed by atoms with Gasteiger partial charge in [-0.2, -0.15) is 5.26 Å². The highest BCUT2D eigenvalue weighted by Crippen LogP contribution is 2.39. The van der Waals surface area contributed by atoms with Crippen molar-refractivity contribution in [3.8, 4) is 6.07 Å². The summed E-state index contributed by atoms with van der Waals surface area (Å²) in [4.78, 5) is 12.9. The van der Waals surface area contributed by atoms with Crippen molar-refractivity contribution in [2.75, 3.05) is 5.32 Å². The van der Waals surface area contributed by atoms with Crippen LogP contribution in [0.4, 0.5) is 5.00 Å². The van der Waals surface area contributed by atoms with E-state index in [0.29, 0.717) is 16.5 Å². The van der Waals surface area contributed by atoms with E-state index < -0.39 is 6.04 Å². The Kier molecular flexibility index (Phi) is 3.69. The van der Waals surface area contributed by atoms with Crippen LogP contribution in [-0.4, -0.2) is 11.9 Å². The van der Waals surface area contributed by atoms with Crippen molar-refractivity contribution in [1.29, 1.82) is 5.26 Å². The summed E-state index contributed by atoms with van der Waals surface area (Å²) in [6.07, 6.45) is 3.05. The van der Waals surface area contributed by atoms with Crippen LogP contribution in [0.3, 0.4) is 0 Å². The van der Waals surface area contributed by atoms with E-state index in [4.69, 9.17) is 5.73 Å². The summed E-state index contributed by atoms with van der Waals surface area (Å²) in [5.74, 6) is 0.415. The number of hydrogen-bond acceptors (Lipinski definition) is 4. The maximum Gasteiger partial charge on any atom is 0.241 e. The Morgan fingerprint density at radius 1 is 1.67 bits per heavy atom. The maximum absolute atomic E-state index is 11.6. The summed E-state index contributed by atoms with van der Waals surface area (Å²) < 4.78 is 0. The van der Waals surface area contributed by atoms with Crippen molar-refractivity contribution in [1.82, 2.24) is 0 Å². The zero-order chi connectivity index (χ0) is 13.3. The van der Waals surface area contributed by atoms with Crippen LogP contribution in [0.1, 0.15) is 36.3 Å². The van der Waals surface area contributed by atoms with Crippen LogP contribution < -0.4 is 11.1 Å². The summed E-state index contributed by atoms with van der Waals surface area (Å²) >= 11 is 1.53. The molecule has 5 heteroatoms. The molecule has 0 aromatic carbocycles. The first-order valence-corrected chi connectivity index (χ1v) is 6.95. The molecule has 1 amide bonds. The second kappa shape index (κ2) is 5.09. The number of anilines is 1. The van der Waals surface area contributed by atoms with Gasteiger partial charge in [0.05, 0.1) is 11.6 Å². The lowest BCUT2D eigenvalue weighted by atomic mass is 9.88. The zero-order valence-electron chi connectivity index (χ0n) is 10.6. The van der Waals surface area contributed by atoms with Crippen molar-refractivity contribution in [2.45, 2.75) is 39.2 Å². The number of nitrogens with two attached hydrogens (primary N) is 1. The Morgan fingerprint density at radius 2 is 2.39 bits per heavy atom. The minimum atomic E-state index is -0.561. The predicted molar refractivity (Wildman–Crippen MR) is 72.5 cm³/mol. The highest BCUT2D eigenvalue weighted by molar-refractivity contribution is 7.16. The van der Waals surface area contributed by atoms with Crippen LogP contribution in [0.5, 0.6) is 0 Å². The van der Waals surface area contributed by atoms with Gasteiger partial charge < -0.3 is 11.1 Å². The third-order valence-corrected chi connectivity index (χ3v) is 4.44. The number of amides is 1. The molecule has 3 N–H and O–H groups in total. The van der Waals surface area contributed by atoms with Gasteiger partial charge in [0.15, 0.2) is 0 Å². The van der Waals surface area contributed by atoms with Crippen molar-refractivity contribution < 1.29 is 4.79 Å². The number of carbonyl (C=O) groups excluding carboxylic acids is 1. The van der Waals surface area contributed by atoms with Gasteiger partial charge in [0.1, 0.15) is 11.1 Å². The Labute approximate surface area is 111 Å². The Bertz CT molecular complexity index is 513. The van der Waals surface area contributed by atoms with Crippen LogP contribution in [-0.2, 0) is 17.6 Å². The second-order valence-corrected chi connectivity index (χ2v) is 6.05. The smallest absolute Gasteiger partial charge is 0.241 e. The standard InChI is InChI=1S/C13H17N3OS/c1-7-3-4-9-10(6-14)13(18-11(9)5-7)16-12(17)8(2)15/h7-8H,3-5,15H2,1-2H3,(H,16,17)/t7?,8-/m1/s1. The number of nitriles is 1. The first-order valence-electron chi connectivity index (χ1n) is 6.14. The summed E-state index contributed by atoms with van der Waals surface area (Å²) in [6.45, 7) is 3.85. The topological polar surface area (TPSA) is 78.9 Å². The van der Waals surface area contributed by atoms with Crippen molar-refractivity contribution >= 4 is 22.2 Å². The molecular formula is C13H17N3OS. The maximum atomic E-state index is 11.6. The molecular weight excluding hydrogens is 246 g/mol. The second-order valence-electron chi connectivity index (χ2n) is 4.95. The monoisotopic (exact) mass is 263 g/mol. The number of nitrogens with one attached hydrogen (secondary N) is 1. The largest absolute Gasteiger partial charge is 0.320 e. The van der Waals surface area contributed by atoms with Gasteiger partial charge in [-0.25, -0.2) is 0 Å². The molecule has 1 aliphatic carbocycles. The highest BCUT2D eigenvalue weighted by atomic mass is 32.1. The number of fused-ring (bicyclic) bond motifs is 1. The summed E-state index contributed by atoms with van der Waals surface area (Å²) in [6, 6.07) is 1.66. The van der Waals surface area contributed by atoms with Crippen LogP contribution in [0.15, 0.2) is 0 Å². The fraction of sp³-hybridized carbons (Fsp3) is 0.538. The van der Waals surface area contributed by atoms with Gasteiger partial charge in [-0.3, -0.25) is 4.79 Å². The summed E-state index contributed by atoms with van der Waals surface area (Å²) in [5, 5.41) is 12.7. The Balaban J connectivity index is 2.32. The quantitative estimate of drug-likeness (QED) is 0.857. The molecule has 0 fully saturated rings. The zero-order valence-corrected chi connectivity index (χ0v) is 11.4. The molecule has 1 heterocycles. The molecule has 96 valence electrons. The van der Waals surface area contributed by atoms with E-state index in [0.717, 1.165) is 24.8 Å². The lowest BCUT2D eigenvalue weighted by Crippen LogP contribution is -2.32. The fourth-order valence-corrected chi connectivity index (χ4v) is 3.55. The van der Waals surface area contributed by atoms with Crippen LogP contribution >= 0.6 is 11.3 Å². The number of carbonyl (C=O) groups is 1. The molecule has 2 atom stereocenters. The number of nitrogens with zero attached hydrogens (tertiary/aromatic N) is 1. The van der Waals surface area contributed by atoms with E-state index >= 15 is 0 Å². The lowest BCUT2D eigenvalue weighted by Gasteiger charge is -2.17. The van der Waals surface area contributed by atoms with Crippen LogP contribution in [0.25, 0.3) is 0 Å². The SMILES string of the molecule is CC1CCc2c(sc(NC(=O)[C@@H](C)N)c2C#N)C1. The first-order chi connectivity index (χ1) is 8.52. The summed E-state index contributed by atoms with van der Waals surface area (Å²) in [7, 11) is 0. The first kappa shape index (κ1) is 13.1. The molecule has 1 unspecified atom stereocenters. The molecule has 1 aromatic heterocycles. The fourth-order valence-electron chi connectivity index (χ4n) is 2.18. The molecule has 0 spiro atoms. The molecule has 18 heavy (non-hydrogen) atoms. The van der Waals surface area contributed by atoms with Gasteiger partial charge >= 0.3 is 0 Å². The van der Waals surface area contributed by atoms with E-state index in [1.807, 2.05) is 0 Å². The predicted octanol–water partition coefficient (Wildman–Crippen LogP) is 2.03. The molecule has 0 radical (unpaired) electrons. The average Bonchev–Trinajstić information content (AvgIpc) is 2.64. The molecule has 0 saturated heterocycles. The third kappa shape index (κ3) is 2.40. The molecule has 0 saturated carbocycles. The van der Waals surface area contributed by atoms with Gasteiger partial charge in [0, 0.05) is 4.88 Å². The van der Waals surface area contributed by atoms with Crippen molar-refractivity contribution in [2.24, 2.45) is 11.7 Å². The minimum absolute atomic E-state index is 0.238. The molecule has 2 rings (SSSR count). The minimum Gasteiger partial charge on any atom is -0.320 e.